The third-order valence-electron chi connectivity index (χ3n) is 17.3. The molecule has 10 aromatic rings. The molecule has 0 bridgehead atoms. The van der Waals surface area contributed by atoms with E-state index in [1.165, 1.54) is 106 Å². The van der Waals surface area contributed by atoms with Gasteiger partial charge in [0.25, 0.3) is 0 Å². The number of rotatable bonds is 4. The Kier molecular flexibility index (Phi) is 9.01. The van der Waals surface area contributed by atoms with Crippen LogP contribution in [-0.2, 0) is 21.7 Å². The van der Waals surface area contributed by atoms with Crippen molar-refractivity contribution in [2.45, 2.75) is 89.9 Å². The lowest BCUT2D eigenvalue weighted by molar-refractivity contribution is 0.332. The normalized spacial score (nSPS) is 16.5. The molecule has 72 heavy (non-hydrogen) atoms. The summed E-state index contributed by atoms with van der Waals surface area (Å²) in [6.45, 7) is 18.8. The van der Waals surface area contributed by atoms with Gasteiger partial charge in [0, 0.05) is 50.7 Å². The van der Waals surface area contributed by atoms with E-state index >= 15 is 0 Å². The molecule has 4 heterocycles. The standard InChI is InChI=1S/C68H59BN2O/c1-42-35-51-47-27-20-29-53-64(47)71(58-30-19-18-28-52(58)68(53,44-23-14-10-15-24-44)45-25-16-11-17-26-45)69-56-39-50-49-38-54-55(67(7,8)34-33-66(54,5)6)40-61(49)72-62(50)41-59(56)70(60(36-42)63(51)69)57-32-31-46(65(2,3)4)37-48(57)43-21-12-9-13-22-43/h9-32,35-41H,33-34H2,1-8H3. The number of fused-ring (bicyclic) bond motifs is 10. The zero-order valence-electron chi connectivity index (χ0n) is 42.7. The van der Waals surface area contributed by atoms with Gasteiger partial charge in [-0.25, -0.2) is 0 Å². The summed E-state index contributed by atoms with van der Waals surface area (Å²) in [4.78, 5) is 5.34. The minimum atomic E-state index is -0.585. The van der Waals surface area contributed by atoms with Crippen molar-refractivity contribution < 1.29 is 4.42 Å². The highest BCUT2D eigenvalue weighted by atomic mass is 16.3. The molecule has 9 aromatic carbocycles. The van der Waals surface area contributed by atoms with E-state index in [0.717, 1.165) is 35.4 Å². The fourth-order valence-corrected chi connectivity index (χ4v) is 13.7. The van der Waals surface area contributed by atoms with Gasteiger partial charge in [-0.3, -0.25) is 0 Å². The summed E-state index contributed by atoms with van der Waals surface area (Å²) in [5.74, 6) is 0. The van der Waals surface area contributed by atoms with Gasteiger partial charge in [-0.1, -0.05) is 194 Å². The minimum absolute atomic E-state index is 0.0456. The van der Waals surface area contributed by atoms with Crippen LogP contribution in [0.5, 0.6) is 0 Å². The van der Waals surface area contributed by atoms with Crippen molar-refractivity contribution >= 4 is 68.1 Å². The second kappa shape index (κ2) is 15.0. The van der Waals surface area contributed by atoms with E-state index in [1.807, 2.05) is 0 Å². The van der Waals surface area contributed by atoms with E-state index in [0.29, 0.717) is 0 Å². The zero-order valence-corrected chi connectivity index (χ0v) is 42.7. The van der Waals surface area contributed by atoms with Crippen LogP contribution >= 0.6 is 0 Å². The van der Waals surface area contributed by atoms with Gasteiger partial charge in [-0.05, 0) is 139 Å². The van der Waals surface area contributed by atoms with Crippen LogP contribution in [0.1, 0.15) is 106 Å². The average molecular weight is 931 g/mol. The van der Waals surface area contributed by atoms with Gasteiger partial charge >= 0.3 is 6.85 Å². The maximum absolute atomic E-state index is 7.21. The topological polar surface area (TPSA) is 19.6 Å². The van der Waals surface area contributed by atoms with Gasteiger partial charge in [0.15, 0.2) is 0 Å². The summed E-state index contributed by atoms with van der Waals surface area (Å²) in [7, 11) is 0. The van der Waals surface area contributed by atoms with Crippen molar-refractivity contribution in [2.75, 3.05) is 9.71 Å². The molecule has 0 amide bonds. The van der Waals surface area contributed by atoms with Gasteiger partial charge in [0.05, 0.1) is 11.1 Å². The summed E-state index contributed by atoms with van der Waals surface area (Å²) in [5, 5.41) is 2.36. The number of hydrogen-bond donors (Lipinski definition) is 0. The van der Waals surface area contributed by atoms with E-state index in [-0.39, 0.29) is 23.1 Å². The number of nitrogens with zero attached hydrogens (tertiary/aromatic N) is 2. The van der Waals surface area contributed by atoms with E-state index in [2.05, 4.69) is 253 Å². The Hall–Kier alpha value is -7.56. The quantitative estimate of drug-likeness (QED) is 0.164. The van der Waals surface area contributed by atoms with E-state index < -0.39 is 5.41 Å². The molecule has 14 rings (SSSR count). The lowest BCUT2D eigenvalue weighted by Crippen LogP contribution is -2.63. The van der Waals surface area contributed by atoms with Crippen molar-refractivity contribution in [3.63, 3.8) is 0 Å². The summed E-state index contributed by atoms with van der Waals surface area (Å²) < 4.78 is 7.21. The van der Waals surface area contributed by atoms with E-state index in [4.69, 9.17) is 4.42 Å². The predicted molar refractivity (Wildman–Crippen MR) is 303 cm³/mol. The molecule has 4 heteroatoms. The number of para-hydroxylation sites is 2. The second-order valence-electron chi connectivity index (χ2n) is 23.6. The Morgan fingerprint density at radius 1 is 0.486 bits per heavy atom. The molecule has 0 spiro atoms. The largest absolute Gasteiger partial charge is 0.456 e. The Bertz CT molecular complexity index is 3840. The Morgan fingerprint density at radius 3 is 1.79 bits per heavy atom. The molecule has 1 aliphatic carbocycles. The first-order chi connectivity index (χ1) is 34.7. The first-order valence-electron chi connectivity index (χ1n) is 26.1. The first kappa shape index (κ1) is 43.3. The van der Waals surface area contributed by atoms with E-state index in [9.17, 15) is 0 Å². The number of aryl methyl sites for hydroxylation is 1. The van der Waals surface area contributed by atoms with Gasteiger partial charge in [0.2, 0.25) is 0 Å². The van der Waals surface area contributed by atoms with Crippen molar-refractivity contribution in [2.24, 2.45) is 0 Å². The van der Waals surface area contributed by atoms with Crippen LogP contribution in [0.2, 0.25) is 0 Å². The third-order valence-corrected chi connectivity index (χ3v) is 17.3. The Morgan fingerprint density at radius 2 is 1.10 bits per heavy atom. The zero-order chi connectivity index (χ0) is 49.1. The first-order valence-corrected chi connectivity index (χ1v) is 26.1. The van der Waals surface area contributed by atoms with Gasteiger partial charge in [-0.15, -0.1) is 0 Å². The molecule has 3 aliphatic heterocycles. The highest BCUT2D eigenvalue weighted by molar-refractivity contribution is 6.94. The SMILES string of the molecule is Cc1cc2c3c(c1)N(c1ccc(C(C)(C)C)cc1-c1ccccc1)c1cc4oc5cc6c(cc5c4cc1B3N1c3ccccc3C(c3ccccc3)(c3ccccc3)c3cccc-2c31)C(C)(C)CCC6(C)C. The smallest absolute Gasteiger partial charge is 0.333 e. The summed E-state index contributed by atoms with van der Waals surface area (Å²) in [5.41, 5.74) is 25.4. The molecule has 0 fully saturated rings. The molecule has 0 N–H and O–H groups in total. The minimum Gasteiger partial charge on any atom is -0.456 e. The van der Waals surface area contributed by atoms with Crippen LogP contribution in [0.4, 0.5) is 28.4 Å². The fourth-order valence-electron chi connectivity index (χ4n) is 13.7. The molecule has 0 unspecified atom stereocenters. The van der Waals surface area contributed by atoms with Gasteiger partial charge < -0.3 is 14.1 Å². The van der Waals surface area contributed by atoms with Crippen LogP contribution in [0.15, 0.2) is 192 Å². The maximum Gasteiger partial charge on any atom is 0.333 e. The summed E-state index contributed by atoms with van der Waals surface area (Å²) in [6.07, 6.45) is 2.30. The summed E-state index contributed by atoms with van der Waals surface area (Å²) in [6, 6.07) is 71.8. The second-order valence-corrected chi connectivity index (χ2v) is 23.6. The van der Waals surface area contributed by atoms with E-state index in [1.54, 1.807) is 0 Å². The van der Waals surface area contributed by atoms with Gasteiger partial charge in [-0.2, -0.15) is 0 Å². The van der Waals surface area contributed by atoms with Crippen LogP contribution in [0, 0.1) is 6.92 Å². The molecule has 0 atom stereocenters. The molecular formula is C68H59BN2O. The molecule has 3 nitrogen and oxygen atoms in total. The molecule has 350 valence electrons. The highest BCUT2D eigenvalue weighted by Gasteiger charge is 2.54. The van der Waals surface area contributed by atoms with Crippen LogP contribution < -0.4 is 20.6 Å². The molecule has 1 aromatic heterocycles. The number of benzene rings is 9. The Balaban J connectivity index is 1.13. The molecule has 0 saturated carbocycles. The number of furan rings is 1. The summed E-state index contributed by atoms with van der Waals surface area (Å²) >= 11 is 0. The predicted octanol–water partition coefficient (Wildman–Crippen LogP) is 16.6. The molecular weight excluding hydrogens is 872 g/mol. The van der Waals surface area contributed by atoms with Crippen LogP contribution in [0.25, 0.3) is 44.2 Å². The Labute approximate surface area is 424 Å². The molecule has 4 aliphatic rings. The monoisotopic (exact) mass is 930 g/mol. The molecule has 0 saturated heterocycles. The third kappa shape index (κ3) is 5.93. The number of anilines is 5. The van der Waals surface area contributed by atoms with Crippen LogP contribution in [0.3, 0.4) is 0 Å². The molecule has 0 radical (unpaired) electrons. The number of hydrogen-bond acceptors (Lipinski definition) is 3. The fraction of sp³-hybridized carbons (Fsp3) is 0.206. The van der Waals surface area contributed by atoms with Crippen LogP contribution in [-0.4, -0.2) is 6.85 Å². The highest BCUT2D eigenvalue weighted by Crippen LogP contribution is 2.61. The maximum atomic E-state index is 7.21. The van der Waals surface area contributed by atoms with Crippen molar-refractivity contribution in [3.05, 3.63) is 233 Å². The van der Waals surface area contributed by atoms with Crippen molar-refractivity contribution in [1.29, 1.82) is 0 Å². The van der Waals surface area contributed by atoms with Crippen molar-refractivity contribution in [1.82, 2.24) is 0 Å². The lowest BCUT2D eigenvalue weighted by atomic mass is 9.42. The average Bonchev–Trinajstić information content (AvgIpc) is 3.74. The van der Waals surface area contributed by atoms with Crippen molar-refractivity contribution in [3.8, 4) is 22.3 Å². The van der Waals surface area contributed by atoms with Gasteiger partial charge in [0.1, 0.15) is 11.2 Å². The lowest BCUT2D eigenvalue weighted by Gasteiger charge is -2.53.